The third kappa shape index (κ3) is 3.22. The van der Waals surface area contributed by atoms with E-state index in [1.807, 2.05) is 19.1 Å². The lowest BCUT2D eigenvalue weighted by Crippen LogP contribution is -2.30. The Morgan fingerprint density at radius 2 is 1.86 bits per heavy atom. The Labute approximate surface area is 170 Å². The molecule has 4 nitrogen and oxygen atoms in total. The number of thiocarbonyl (C=S) groups is 1. The first kappa shape index (κ1) is 18.4. The fourth-order valence-electron chi connectivity index (χ4n) is 3.78. The van der Waals surface area contributed by atoms with E-state index in [0.29, 0.717) is 17.4 Å². The van der Waals surface area contributed by atoms with Crippen LogP contribution in [0.4, 0.5) is 0 Å². The summed E-state index contributed by atoms with van der Waals surface area (Å²) in [5.41, 5.74) is 5.33. The number of hydrogen-bond acceptors (Lipinski definition) is 2. The van der Waals surface area contributed by atoms with Crippen LogP contribution in [0.3, 0.4) is 0 Å². The van der Waals surface area contributed by atoms with Crippen molar-refractivity contribution in [2.75, 3.05) is 6.54 Å². The van der Waals surface area contributed by atoms with Crippen molar-refractivity contribution in [3.63, 3.8) is 0 Å². The molecule has 0 radical (unpaired) electrons. The van der Waals surface area contributed by atoms with Gasteiger partial charge in [0.2, 0.25) is 0 Å². The summed E-state index contributed by atoms with van der Waals surface area (Å²) in [5, 5.41) is 4.69. The molecule has 0 aliphatic carbocycles. The number of amides is 1. The van der Waals surface area contributed by atoms with Gasteiger partial charge in [0.1, 0.15) is 5.70 Å². The van der Waals surface area contributed by atoms with Gasteiger partial charge in [-0.15, -0.1) is 0 Å². The maximum atomic E-state index is 12.6. The van der Waals surface area contributed by atoms with E-state index in [0.717, 1.165) is 23.9 Å². The molecule has 0 atom stereocenters. The SMILES string of the molecule is CCc1cccc2c(/C=C3\NC(=S)N(CC)C3=O)cn(Cc3ccccc3)c12. The highest BCUT2D eigenvalue weighted by atomic mass is 32.1. The second-order valence-corrected chi connectivity index (χ2v) is 7.29. The van der Waals surface area contributed by atoms with Crippen LogP contribution < -0.4 is 5.32 Å². The van der Waals surface area contributed by atoms with Crippen LogP contribution >= 0.6 is 12.2 Å². The maximum Gasteiger partial charge on any atom is 0.276 e. The van der Waals surface area contributed by atoms with E-state index < -0.39 is 0 Å². The molecule has 1 amide bonds. The minimum atomic E-state index is -0.0666. The standard InChI is InChI=1S/C23H23N3OS/c1-3-17-11-8-12-19-18(13-20-22(27)26(4-2)23(28)24-20)15-25(21(17)19)14-16-9-6-5-7-10-16/h5-13,15H,3-4,14H2,1-2H3,(H,24,28)/b20-13-. The quantitative estimate of drug-likeness (QED) is 0.521. The number of para-hydroxylation sites is 1. The van der Waals surface area contributed by atoms with E-state index in [1.165, 1.54) is 16.6 Å². The Hall–Kier alpha value is -2.92. The van der Waals surface area contributed by atoms with Crippen LogP contribution in [0.15, 0.2) is 60.4 Å². The molecule has 2 heterocycles. The van der Waals surface area contributed by atoms with Gasteiger partial charge in [0.05, 0.1) is 5.52 Å². The molecule has 3 aromatic rings. The summed E-state index contributed by atoms with van der Waals surface area (Å²) in [7, 11) is 0. The molecule has 0 spiro atoms. The van der Waals surface area contributed by atoms with E-state index in [9.17, 15) is 4.79 Å². The first-order chi connectivity index (χ1) is 13.6. The molecule has 2 aromatic carbocycles. The Morgan fingerprint density at radius 1 is 1.07 bits per heavy atom. The summed E-state index contributed by atoms with van der Waals surface area (Å²) in [5.74, 6) is -0.0666. The van der Waals surface area contributed by atoms with Crippen LogP contribution in [0.1, 0.15) is 30.5 Å². The number of benzene rings is 2. The van der Waals surface area contributed by atoms with E-state index in [2.05, 4.69) is 65.5 Å². The average molecular weight is 390 g/mol. The molecule has 1 N–H and O–H groups in total. The summed E-state index contributed by atoms with van der Waals surface area (Å²) in [6.07, 6.45) is 5.01. The van der Waals surface area contributed by atoms with E-state index in [1.54, 1.807) is 4.90 Å². The van der Waals surface area contributed by atoms with Gasteiger partial charge in [0.15, 0.2) is 5.11 Å². The summed E-state index contributed by atoms with van der Waals surface area (Å²) in [6.45, 7) is 5.45. The lowest BCUT2D eigenvalue weighted by molar-refractivity contribution is -0.122. The van der Waals surface area contributed by atoms with Gasteiger partial charge in [-0.1, -0.05) is 55.5 Å². The molecule has 1 aromatic heterocycles. The zero-order chi connectivity index (χ0) is 19.7. The highest BCUT2D eigenvalue weighted by molar-refractivity contribution is 7.80. The van der Waals surface area contributed by atoms with Crippen LogP contribution in [-0.4, -0.2) is 27.0 Å². The monoisotopic (exact) mass is 389 g/mol. The Kier molecular flexibility index (Phi) is 5.01. The van der Waals surface area contributed by atoms with Gasteiger partial charge in [-0.2, -0.15) is 0 Å². The summed E-state index contributed by atoms with van der Waals surface area (Å²) < 4.78 is 2.28. The first-order valence-corrected chi connectivity index (χ1v) is 10.0. The van der Waals surface area contributed by atoms with Gasteiger partial charge in [0.25, 0.3) is 5.91 Å². The van der Waals surface area contributed by atoms with Crippen LogP contribution in [0, 0.1) is 0 Å². The predicted molar refractivity (Wildman–Crippen MR) is 118 cm³/mol. The van der Waals surface area contributed by atoms with Gasteiger partial charge in [-0.05, 0) is 42.8 Å². The van der Waals surface area contributed by atoms with E-state index in [4.69, 9.17) is 12.2 Å². The van der Waals surface area contributed by atoms with Gasteiger partial charge in [0, 0.05) is 30.2 Å². The number of carbonyl (C=O) groups excluding carboxylic acids is 1. The van der Waals surface area contributed by atoms with Crippen LogP contribution in [0.2, 0.25) is 0 Å². The number of rotatable bonds is 5. The van der Waals surface area contributed by atoms with Crippen molar-refractivity contribution < 1.29 is 4.79 Å². The molecule has 142 valence electrons. The summed E-state index contributed by atoms with van der Waals surface area (Å²) >= 11 is 5.29. The van der Waals surface area contributed by atoms with Crippen LogP contribution in [-0.2, 0) is 17.8 Å². The van der Waals surface area contributed by atoms with Crippen molar-refractivity contribution in [3.8, 4) is 0 Å². The number of nitrogens with one attached hydrogen (secondary N) is 1. The number of aromatic nitrogens is 1. The third-order valence-electron chi connectivity index (χ3n) is 5.17. The zero-order valence-corrected chi connectivity index (χ0v) is 16.9. The van der Waals surface area contributed by atoms with E-state index >= 15 is 0 Å². The molecular weight excluding hydrogens is 366 g/mol. The van der Waals surface area contributed by atoms with Gasteiger partial charge in [-0.25, -0.2) is 0 Å². The summed E-state index contributed by atoms with van der Waals surface area (Å²) in [4.78, 5) is 14.2. The third-order valence-corrected chi connectivity index (χ3v) is 5.49. The van der Waals surface area contributed by atoms with Crippen molar-refractivity contribution >= 4 is 40.2 Å². The van der Waals surface area contributed by atoms with Gasteiger partial charge >= 0.3 is 0 Å². The number of nitrogens with zero attached hydrogens (tertiary/aromatic N) is 2. The van der Waals surface area contributed by atoms with Crippen molar-refractivity contribution in [1.29, 1.82) is 0 Å². The molecule has 5 heteroatoms. The van der Waals surface area contributed by atoms with Crippen molar-refractivity contribution in [3.05, 3.63) is 77.1 Å². The molecule has 4 rings (SSSR count). The maximum absolute atomic E-state index is 12.6. The molecule has 0 unspecified atom stereocenters. The summed E-state index contributed by atoms with van der Waals surface area (Å²) in [6, 6.07) is 16.8. The number of fused-ring (bicyclic) bond motifs is 1. The molecule has 1 aliphatic heterocycles. The van der Waals surface area contributed by atoms with Crippen LogP contribution in [0.5, 0.6) is 0 Å². The van der Waals surface area contributed by atoms with Crippen molar-refractivity contribution in [2.24, 2.45) is 0 Å². The smallest absolute Gasteiger partial charge is 0.276 e. The first-order valence-electron chi connectivity index (χ1n) is 9.61. The van der Waals surface area contributed by atoms with Crippen LogP contribution in [0.25, 0.3) is 17.0 Å². The fraction of sp³-hybridized carbons (Fsp3) is 0.217. The van der Waals surface area contributed by atoms with Crippen molar-refractivity contribution in [2.45, 2.75) is 26.8 Å². The second kappa shape index (κ2) is 7.60. The Bertz CT molecular complexity index is 1080. The molecule has 1 aliphatic rings. The number of hydrogen-bond donors (Lipinski definition) is 1. The normalized spacial score (nSPS) is 15.6. The van der Waals surface area contributed by atoms with Gasteiger partial charge in [-0.3, -0.25) is 9.69 Å². The fourth-order valence-corrected chi connectivity index (χ4v) is 4.11. The highest BCUT2D eigenvalue weighted by Crippen LogP contribution is 2.28. The van der Waals surface area contributed by atoms with E-state index in [-0.39, 0.29) is 5.91 Å². The molecule has 0 bridgehead atoms. The second-order valence-electron chi connectivity index (χ2n) is 6.90. The molecule has 0 saturated carbocycles. The number of likely N-dealkylation sites (N-methyl/N-ethyl adjacent to an activating group) is 1. The zero-order valence-electron chi connectivity index (χ0n) is 16.1. The average Bonchev–Trinajstić information content (AvgIpc) is 3.19. The minimum Gasteiger partial charge on any atom is -0.342 e. The lowest BCUT2D eigenvalue weighted by Gasteiger charge is -2.09. The minimum absolute atomic E-state index is 0.0666. The highest BCUT2D eigenvalue weighted by Gasteiger charge is 2.29. The topological polar surface area (TPSA) is 37.3 Å². The number of carbonyl (C=O) groups is 1. The van der Waals surface area contributed by atoms with Crippen molar-refractivity contribution in [1.82, 2.24) is 14.8 Å². The molecule has 1 saturated heterocycles. The number of aryl methyl sites for hydroxylation is 1. The Balaban J connectivity index is 1.83. The molecule has 28 heavy (non-hydrogen) atoms. The van der Waals surface area contributed by atoms with Gasteiger partial charge < -0.3 is 9.88 Å². The largest absolute Gasteiger partial charge is 0.342 e. The predicted octanol–water partition coefficient (Wildman–Crippen LogP) is 4.33. The molecular formula is C23H23N3OS. The Morgan fingerprint density at radius 3 is 2.54 bits per heavy atom. The lowest BCUT2D eigenvalue weighted by atomic mass is 10.1. The molecule has 1 fully saturated rings.